The van der Waals surface area contributed by atoms with E-state index >= 15 is 0 Å². The second-order valence-electron chi connectivity index (χ2n) is 7.06. The average Bonchev–Trinajstić information content (AvgIpc) is 3.59. The summed E-state index contributed by atoms with van der Waals surface area (Å²) in [4.78, 5) is 13.1. The number of carbonyl (C=O) groups excluding carboxylic acids is 1. The first kappa shape index (κ1) is 20.5. The molecule has 0 spiro atoms. The van der Waals surface area contributed by atoms with Gasteiger partial charge in [0.1, 0.15) is 11.8 Å². The van der Waals surface area contributed by atoms with Gasteiger partial charge < -0.3 is 8.83 Å². The van der Waals surface area contributed by atoms with Crippen LogP contribution < -0.4 is 0 Å². The van der Waals surface area contributed by atoms with Crippen LogP contribution in [0.1, 0.15) is 23.8 Å². The van der Waals surface area contributed by atoms with Gasteiger partial charge in [-0.05, 0) is 42.0 Å². The molecular formula is C23H17ClN4O3S. The number of benzene rings is 2. The first-order chi connectivity index (χ1) is 15.7. The zero-order valence-corrected chi connectivity index (χ0v) is 18.3. The van der Waals surface area contributed by atoms with Gasteiger partial charge in [-0.2, -0.15) is 5.10 Å². The van der Waals surface area contributed by atoms with Crippen LogP contribution in [-0.4, -0.2) is 32.6 Å². The molecule has 5 rings (SSSR count). The molecule has 1 aliphatic rings. The van der Waals surface area contributed by atoms with Crippen LogP contribution in [0.15, 0.2) is 92.2 Å². The molecule has 1 atom stereocenters. The van der Waals surface area contributed by atoms with Crippen molar-refractivity contribution in [3.63, 3.8) is 0 Å². The van der Waals surface area contributed by atoms with Crippen molar-refractivity contribution in [3.05, 3.63) is 89.3 Å². The van der Waals surface area contributed by atoms with Gasteiger partial charge in [0.25, 0.3) is 11.1 Å². The molecule has 0 N–H and O–H groups in total. The van der Waals surface area contributed by atoms with Crippen LogP contribution in [0, 0.1) is 0 Å². The Morgan fingerprint density at radius 3 is 2.59 bits per heavy atom. The van der Waals surface area contributed by atoms with Crippen molar-refractivity contribution in [1.82, 2.24) is 15.2 Å². The van der Waals surface area contributed by atoms with Crippen LogP contribution in [0.2, 0.25) is 5.02 Å². The topological polar surface area (TPSA) is 84.7 Å². The summed E-state index contributed by atoms with van der Waals surface area (Å²) in [5.41, 5.74) is 2.54. The molecule has 1 amide bonds. The van der Waals surface area contributed by atoms with Gasteiger partial charge in [-0.15, -0.1) is 10.2 Å². The molecule has 0 aliphatic carbocycles. The lowest BCUT2D eigenvalue weighted by molar-refractivity contribution is -0.130. The summed E-state index contributed by atoms with van der Waals surface area (Å²) in [6.45, 7) is 0. The van der Waals surface area contributed by atoms with E-state index in [-0.39, 0.29) is 17.7 Å². The lowest BCUT2D eigenvalue weighted by atomic mass is 10.0. The second-order valence-corrected chi connectivity index (χ2v) is 8.42. The number of carbonyl (C=O) groups is 1. The summed E-state index contributed by atoms with van der Waals surface area (Å²) in [5, 5.41) is 15.2. The third kappa shape index (κ3) is 4.32. The van der Waals surface area contributed by atoms with Crippen molar-refractivity contribution in [2.45, 2.75) is 17.7 Å². The van der Waals surface area contributed by atoms with Gasteiger partial charge in [-0.25, -0.2) is 5.01 Å². The van der Waals surface area contributed by atoms with E-state index in [0.29, 0.717) is 28.3 Å². The predicted octanol–water partition coefficient (Wildman–Crippen LogP) is 5.45. The normalized spacial score (nSPS) is 15.7. The Balaban J connectivity index is 1.32. The summed E-state index contributed by atoms with van der Waals surface area (Å²) in [5.74, 6) is 1.02. The van der Waals surface area contributed by atoms with Crippen LogP contribution in [0.5, 0.6) is 0 Å². The van der Waals surface area contributed by atoms with Gasteiger partial charge in [0.2, 0.25) is 5.89 Å². The Labute approximate surface area is 193 Å². The minimum atomic E-state index is -0.314. The number of hydrogen-bond donors (Lipinski definition) is 0. The zero-order valence-electron chi connectivity index (χ0n) is 16.7. The quantitative estimate of drug-likeness (QED) is 0.352. The number of rotatable bonds is 6. The lowest BCUT2D eigenvalue weighted by Gasteiger charge is -2.19. The third-order valence-corrected chi connectivity index (χ3v) is 6.02. The predicted molar refractivity (Wildman–Crippen MR) is 121 cm³/mol. The second kappa shape index (κ2) is 9.02. The fourth-order valence-electron chi connectivity index (χ4n) is 3.41. The highest BCUT2D eigenvalue weighted by Crippen LogP contribution is 2.34. The van der Waals surface area contributed by atoms with Crippen LogP contribution in [0.3, 0.4) is 0 Å². The molecule has 1 unspecified atom stereocenters. The Morgan fingerprint density at radius 2 is 1.84 bits per heavy atom. The molecule has 0 fully saturated rings. The SMILES string of the molecule is O=C(CSc1nnc(-c2ccccc2)o1)N1N=C(c2ccc(Cl)cc2)CC1c1ccco1. The Kier molecular flexibility index (Phi) is 5.79. The molecule has 2 aromatic heterocycles. The first-order valence-electron chi connectivity index (χ1n) is 9.88. The van der Waals surface area contributed by atoms with E-state index in [1.807, 2.05) is 60.7 Å². The number of amides is 1. The molecule has 3 heterocycles. The number of thioether (sulfide) groups is 1. The highest BCUT2D eigenvalue weighted by atomic mass is 35.5. The summed E-state index contributed by atoms with van der Waals surface area (Å²) >= 11 is 7.19. The van der Waals surface area contributed by atoms with E-state index in [0.717, 1.165) is 16.8 Å². The van der Waals surface area contributed by atoms with E-state index in [1.165, 1.54) is 16.8 Å². The van der Waals surface area contributed by atoms with Crippen LogP contribution in [0.4, 0.5) is 0 Å². The molecule has 4 aromatic rings. The van der Waals surface area contributed by atoms with E-state index in [4.69, 9.17) is 20.4 Å². The number of halogens is 1. The maximum atomic E-state index is 13.1. The zero-order chi connectivity index (χ0) is 21.9. The molecule has 160 valence electrons. The van der Waals surface area contributed by atoms with Crippen molar-refractivity contribution in [1.29, 1.82) is 0 Å². The minimum absolute atomic E-state index is 0.102. The minimum Gasteiger partial charge on any atom is -0.467 e. The largest absolute Gasteiger partial charge is 0.467 e. The van der Waals surface area contributed by atoms with Gasteiger partial charge >= 0.3 is 0 Å². The molecule has 7 nitrogen and oxygen atoms in total. The molecule has 9 heteroatoms. The van der Waals surface area contributed by atoms with Crippen molar-refractivity contribution < 1.29 is 13.6 Å². The molecular weight excluding hydrogens is 448 g/mol. The van der Waals surface area contributed by atoms with Gasteiger partial charge in [-0.1, -0.05) is 53.7 Å². The van der Waals surface area contributed by atoms with E-state index in [9.17, 15) is 4.79 Å². The van der Waals surface area contributed by atoms with Crippen LogP contribution in [0.25, 0.3) is 11.5 Å². The smallest absolute Gasteiger partial charge is 0.277 e. The lowest BCUT2D eigenvalue weighted by Crippen LogP contribution is -2.28. The molecule has 32 heavy (non-hydrogen) atoms. The van der Waals surface area contributed by atoms with Crippen molar-refractivity contribution in [2.75, 3.05) is 5.75 Å². The molecule has 0 saturated heterocycles. The maximum absolute atomic E-state index is 13.1. The Morgan fingerprint density at radius 1 is 1.03 bits per heavy atom. The number of nitrogens with zero attached hydrogens (tertiary/aromatic N) is 4. The molecule has 2 aromatic carbocycles. The van der Waals surface area contributed by atoms with E-state index in [2.05, 4.69) is 15.3 Å². The summed E-state index contributed by atoms with van der Waals surface area (Å²) in [6.07, 6.45) is 2.14. The number of furan rings is 1. The average molecular weight is 465 g/mol. The van der Waals surface area contributed by atoms with E-state index in [1.54, 1.807) is 12.3 Å². The number of hydrogen-bond acceptors (Lipinski definition) is 7. The molecule has 0 saturated carbocycles. The fourth-order valence-corrected chi connectivity index (χ4v) is 4.16. The monoisotopic (exact) mass is 464 g/mol. The van der Waals surface area contributed by atoms with Crippen LogP contribution >= 0.6 is 23.4 Å². The summed E-state index contributed by atoms with van der Waals surface area (Å²) in [7, 11) is 0. The number of hydrazone groups is 1. The maximum Gasteiger partial charge on any atom is 0.277 e. The van der Waals surface area contributed by atoms with Crippen LogP contribution in [-0.2, 0) is 4.79 Å². The fraction of sp³-hybridized carbons (Fsp3) is 0.130. The molecule has 1 aliphatic heterocycles. The highest BCUT2D eigenvalue weighted by Gasteiger charge is 2.35. The standard InChI is InChI=1S/C23H17ClN4O3S/c24-17-10-8-15(9-11-17)18-13-19(20-7-4-12-30-20)28(27-18)21(29)14-32-23-26-25-22(31-23)16-5-2-1-3-6-16/h1-12,19H,13-14H2. The highest BCUT2D eigenvalue weighted by molar-refractivity contribution is 7.99. The van der Waals surface area contributed by atoms with Gasteiger partial charge in [-0.3, -0.25) is 4.79 Å². The van der Waals surface area contributed by atoms with Crippen molar-refractivity contribution in [3.8, 4) is 11.5 Å². The Bertz CT molecular complexity index is 1240. The van der Waals surface area contributed by atoms with Gasteiger partial charge in [0, 0.05) is 17.0 Å². The summed E-state index contributed by atoms with van der Waals surface area (Å²) in [6, 6.07) is 20.2. The molecule has 0 radical (unpaired) electrons. The Hall–Kier alpha value is -3.36. The summed E-state index contributed by atoms with van der Waals surface area (Å²) < 4.78 is 11.3. The first-order valence-corrected chi connectivity index (χ1v) is 11.2. The number of aromatic nitrogens is 2. The van der Waals surface area contributed by atoms with Crippen molar-refractivity contribution >= 4 is 35.0 Å². The van der Waals surface area contributed by atoms with Gasteiger partial charge in [0.05, 0.1) is 17.7 Å². The third-order valence-electron chi connectivity index (χ3n) is 4.96. The van der Waals surface area contributed by atoms with Gasteiger partial charge in [0.15, 0.2) is 0 Å². The molecule has 0 bridgehead atoms. The van der Waals surface area contributed by atoms with E-state index < -0.39 is 0 Å². The van der Waals surface area contributed by atoms with Crippen molar-refractivity contribution in [2.24, 2.45) is 5.10 Å².